The molecule has 0 aromatic heterocycles. The summed E-state index contributed by atoms with van der Waals surface area (Å²) in [5.41, 5.74) is -0.196. The van der Waals surface area contributed by atoms with Crippen molar-refractivity contribution in [2.45, 2.75) is 45.6 Å². The summed E-state index contributed by atoms with van der Waals surface area (Å²) in [6, 6.07) is 0. The normalized spacial score (nSPS) is 16.1. The maximum atomic E-state index is 5.36. The average molecular weight is 369 g/mol. The Bertz CT molecular complexity index is 253. The van der Waals surface area contributed by atoms with Gasteiger partial charge in [0.2, 0.25) is 0 Å². The van der Waals surface area contributed by atoms with Crippen LogP contribution in [0.4, 0.5) is 0 Å². The molecular formula is C13H28IN3O. The molecule has 0 unspecified atom stereocenters. The summed E-state index contributed by atoms with van der Waals surface area (Å²) in [6.45, 7) is 8.75. The monoisotopic (exact) mass is 369 g/mol. The number of halogens is 1. The Kier molecular flexibility index (Phi) is 8.94. The fraction of sp³-hybridized carbons (Fsp3) is 0.923. The van der Waals surface area contributed by atoms with Crippen molar-refractivity contribution in [2.24, 2.45) is 10.9 Å². The third-order valence-corrected chi connectivity index (χ3v) is 3.06. The van der Waals surface area contributed by atoms with E-state index in [0.717, 1.165) is 25.0 Å². The lowest BCUT2D eigenvalue weighted by Crippen LogP contribution is -2.39. The Hall–Kier alpha value is -0.0400. The fourth-order valence-electron chi connectivity index (χ4n) is 1.48. The van der Waals surface area contributed by atoms with Crippen molar-refractivity contribution in [2.75, 3.05) is 26.7 Å². The van der Waals surface area contributed by atoms with Crippen LogP contribution in [0.1, 0.15) is 40.0 Å². The third-order valence-electron chi connectivity index (χ3n) is 3.06. The maximum Gasteiger partial charge on any atom is 0.191 e. The zero-order valence-electron chi connectivity index (χ0n) is 12.1. The summed E-state index contributed by atoms with van der Waals surface area (Å²) >= 11 is 0. The second-order valence-electron chi connectivity index (χ2n) is 5.32. The van der Waals surface area contributed by atoms with E-state index in [0.29, 0.717) is 6.54 Å². The van der Waals surface area contributed by atoms with Crippen molar-refractivity contribution >= 4 is 29.9 Å². The summed E-state index contributed by atoms with van der Waals surface area (Å²) in [7, 11) is 1.73. The molecule has 1 fully saturated rings. The van der Waals surface area contributed by atoms with Gasteiger partial charge in [-0.05, 0) is 33.1 Å². The number of ether oxygens (including phenoxy) is 1. The molecule has 0 amide bonds. The van der Waals surface area contributed by atoms with Gasteiger partial charge >= 0.3 is 0 Å². The van der Waals surface area contributed by atoms with E-state index < -0.39 is 0 Å². The molecule has 1 saturated carbocycles. The second-order valence-corrected chi connectivity index (χ2v) is 5.32. The van der Waals surface area contributed by atoms with Crippen LogP contribution < -0.4 is 10.6 Å². The van der Waals surface area contributed by atoms with E-state index in [4.69, 9.17) is 4.74 Å². The van der Waals surface area contributed by atoms with E-state index in [9.17, 15) is 0 Å². The Labute approximate surface area is 128 Å². The minimum atomic E-state index is -0.196. The zero-order valence-corrected chi connectivity index (χ0v) is 14.4. The Balaban J connectivity index is 0.00000289. The minimum absolute atomic E-state index is 0. The zero-order chi connectivity index (χ0) is 12.7. The molecule has 0 aromatic rings. The van der Waals surface area contributed by atoms with E-state index in [2.05, 4.69) is 22.5 Å². The minimum Gasteiger partial charge on any atom is -0.377 e. The molecule has 0 saturated heterocycles. The lowest BCUT2D eigenvalue weighted by Gasteiger charge is -2.21. The summed E-state index contributed by atoms with van der Waals surface area (Å²) in [4.78, 5) is 4.54. The van der Waals surface area contributed by atoms with Crippen molar-refractivity contribution in [1.82, 2.24) is 10.6 Å². The molecule has 4 nitrogen and oxygen atoms in total. The van der Waals surface area contributed by atoms with Gasteiger partial charge in [-0.1, -0.05) is 12.8 Å². The van der Waals surface area contributed by atoms with Gasteiger partial charge in [0.15, 0.2) is 5.96 Å². The van der Waals surface area contributed by atoms with Crippen LogP contribution in [0, 0.1) is 5.92 Å². The Morgan fingerprint density at radius 3 is 2.50 bits per heavy atom. The van der Waals surface area contributed by atoms with E-state index in [-0.39, 0.29) is 29.6 Å². The predicted octanol–water partition coefficient (Wildman–Crippen LogP) is 2.38. The molecule has 1 rings (SSSR count). The van der Waals surface area contributed by atoms with Crippen LogP contribution in [0.5, 0.6) is 0 Å². The first-order chi connectivity index (χ1) is 8.07. The number of nitrogens with one attached hydrogen (secondary N) is 2. The smallest absolute Gasteiger partial charge is 0.191 e. The van der Waals surface area contributed by atoms with Gasteiger partial charge in [0.05, 0.1) is 12.1 Å². The number of nitrogens with zero attached hydrogens (tertiary/aromatic N) is 1. The topological polar surface area (TPSA) is 45.7 Å². The highest BCUT2D eigenvalue weighted by Gasteiger charge is 2.20. The average Bonchev–Trinajstić information content (AvgIpc) is 3.10. The van der Waals surface area contributed by atoms with Gasteiger partial charge < -0.3 is 15.4 Å². The standard InChI is InChI=1S/C13H27N3O.HI/c1-5-14-12(15-9-8-11-6-7-11)16-10-13(2,3)17-4;/h11H,5-10H2,1-4H3,(H2,14,15,16);1H. The molecule has 0 atom stereocenters. The van der Waals surface area contributed by atoms with Crippen LogP contribution >= 0.6 is 24.0 Å². The molecule has 0 spiro atoms. The molecule has 108 valence electrons. The van der Waals surface area contributed by atoms with Crippen LogP contribution in [0.2, 0.25) is 0 Å². The first-order valence-corrected chi connectivity index (χ1v) is 6.64. The number of hydrogen-bond donors (Lipinski definition) is 2. The lowest BCUT2D eigenvalue weighted by atomic mass is 10.1. The maximum absolute atomic E-state index is 5.36. The first-order valence-electron chi connectivity index (χ1n) is 6.64. The summed E-state index contributed by atoms with van der Waals surface area (Å²) < 4.78 is 5.36. The number of rotatable bonds is 7. The highest BCUT2D eigenvalue weighted by atomic mass is 127. The number of hydrogen-bond acceptors (Lipinski definition) is 2. The van der Waals surface area contributed by atoms with Crippen molar-refractivity contribution in [1.29, 1.82) is 0 Å². The van der Waals surface area contributed by atoms with E-state index >= 15 is 0 Å². The SMILES string of the molecule is CCNC(=NCC(C)(C)OC)NCCC1CC1.I. The molecule has 0 radical (unpaired) electrons. The van der Waals surface area contributed by atoms with Crippen LogP contribution in [0.25, 0.3) is 0 Å². The van der Waals surface area contributed by atoms with Crippen molar-refractivity contribution in [3.8, 4) is 0 Å². The molecule has 18 heavy (non-hydrogen) atoms. The molecular weight excluding hydrogens is 341 g/mol. The molecule has 1 aliphatic rings. The number of methoxy groups -OCH3 is 1. The largest absolute Gasteiger partial charge is 0.377 e. The molecule has 0 heterocycles. The lowest BCUT2D eigenvalue weighted by molar-refractivity contribution is 0.0310. The van der Waals surface area contributed by atoms with Crippen LogP contribution in [-0.2, 0) is 4.74 Å². The molecule has 2 N–H and O–H groups in total. The molecule has 5 heteroatoms. The molecule has 0 bridgehead atoms. The van der Waals surface area contributed by atoms with Crippen molar-refractivity contribution < 1.29 is 4.74 Å². The summed E-state index contributed by atoms with van der Waals surface area (Å²) in [5.74, 6) is 1.86. The summed E-state index contributed by atoms with van der Waals surface area (Å²) in [5, 5.41) is 6.63. The van der Waals surface area contributed by atoms with Crippen LogP contribution in [0.3, 0.4) is 0 Å². The van der Waals surface area contributed by atoms with Crippen LogP contribution in [-0.4, -0.2) is 38.3 Å². The van der Waals surface area contributed by atoms with Gasteiger partial charge in [-0.15, -0.1) is 24.0 Å². The molecule has 0 aliphatic heterocycles. The van der Waals surface area contributed by atoms with Crippen molar-refractivity contribution in [3.63, 3.8) is 0 Å². The van der Waals surface area contributed by atoms with E-state index in [1.807, 2.05) is 13.8 Å². The van der Waals surface area contributed by atoms with Gasteiger partial charge in [0.1, 0.15) is 0 Å². The van der Waals surface area contributed by atoms with E-state index in [1.165, 1.54) is 19.3 Å². The molecule has 0 aromatic carbocycles. The van der Waals surface area contributed by atoms with Gasteiger partial charge in [0.25, 0.3) is 0 Å². The Morgan fingerprint density at radius 1 is 1.33 bits per heavy atom. The number of aliphatic imine (C=N–C) groups is 1. The Morgan fingerprint density at radius 2 is 2.00 bits per heavy atom. The fourth-order valence-corrected chi connectivity index (χ4v) is 1.48. The number of guanidine groups is 1. The summed E-state index contributed by atoms with van der Waals surface area (Å²) in [6.07, 6.45) is 4.08. The first kappa shape index (κ1) is 18.0. The van der Waals surface area contributed by atoms with Gasteiger partial charge in [-0.3, -0.25) is 4.99 Å². The highest BCUT2D eigenvalue weighted by Crippen LogP contribution is 2.31. The second kappa shape index (κ2) is 8.96. The quantitative estimate of drug-likeness (QED) is 0.412. The van der Waals surface area contributed by atoms with E-state index in [1.54, 1.807) is 7.11 Å². The van der Waals surface area contributed by atoms with Crippen LogP contribution in [0.15, 0.2) is 4.99 Å². The predicted molar refractivity (Wildman–Crippen MR) is 87.8 cm³/mol. The van der Waals surface area contributed by atoms with Gasteiger partial charge in [-0.2, -0.15) is 0 Å². The van der Waals surface area contributed by atoms with Gasteiger partial charge in [-0.25, -0.2) is 0 Å². The third kappa shape index (κ3) is 8.13. The highest BCUT2D eigenvalue weighted by molar-refractivity contribution is 14.0. The van der Waals surface area contributed by atoms with Gasteiger partial charge in [0, 0.05) is 20.2 Å². The molecule has 1 aliphatic carbocycles. The van der Waals surface area contributed by atoms with Crippen molar-refractivity contribution in [3.05, 3.63) is 0 Å².